The van der Waals surface area contributed by atoms with Crippen molar-refractivity contribution in [3.8, 4) is 124 Å². The van der Waals surface area contributed by atoms with E-state index in [2.05, 4.69) is 19.9 Å². The van der Waals surface area contributed by atoms with Crippen molar-refractivity contribution in [2.24, 2.45) is 0 Å². The van der Waals surface area contributed by atoms with Gasteiger partial charge in [0.15, 0.2) is 93.1 Å². The molecule has 0 spiro atoms. The predicted octanol–water partition coefficient (Wildman–Crippen LogP) is 29.9. The number of rotatable bonds is 12. The summed E-state index contributed by atoms with van der Waals surface area (Å²) in [7, 11) is 0. The minimum atomic E-state index is -2.64. The Bertz CT molecular complexity index is 6900. The number of nitrogens with one attached hydrogen (secondary N) is 2. The van der Waals surface area contributed by atoms with E-state index in [1.54, 1.807) is 24.3 Å². The number of nitrogens with zero attached hydrogens (tertiary/aromatic N) is 4. The van der Waals surface area contributed by atoms with Crippen LogP contribution < -0.4 is 0 Å². The molecule has 0 saturated heterocycles. The normalized spacial score (nSPS) is 12.4. The largest absolute Gasteiger partial charge is 0.354 e. The van der Waals surface area contributed by atoms with Crippen LogP contribution in [0.5, 0.6) is 0 Å². The van der Waals surface area contributed by atoms with Crippen LogP contribution in [0.1, 0.15) is 45.6 Å². The third-order valence-corrected chi connectivity index (χ3v) is 29.0. The third kappa shape index (κ3) is 12.8. The van der Waals surface area contributed by atoms with Crippen LogP contribution in [0.3, 0.4) is 0 Å². The summed E-state index contributed by atoms with van der Waals surface area (Å²) in [5, 5.41) is 3.85. The van der Waals surface area contributed by atoms with E-state index in [1.807, 2.05) is 71.4 Å². The van der Waals surface area contributed by atoms with Gasteiger partial charge in [-0.2, -0.15) is 0 Å². The number of benzene rings is 4. The topological polar surface area (TPSA) is 83.1 Å². The van der Waals surface area contributed by atoms with Crippen LogP contribution in [-0.4, -0.2) is 29.9 Å². The Morgan fingerprint density at radius 1 is 0.167 bits per heavy atom. The van der Waals surface area contributed by atoms with Gasteiger partial charge in [0, 0.05) is 124 Å². The SMILES string of the molecule is Fc1c(F)c(F)c(-c2c3nc(c(-c4ccc(-c5ccc(-c6ccc(-c7cccs7)s6)s5)s4)c4ccc([nH]4)c(-c4c(F)c(F)c(F)c(F)c4F)c4nc(c(-c5c(F)c(F)c(F)c(F)c5F)c5nc(c(-c6ccc(-c7ccc(-c8ccc(-c9cccs9)s8)s7)s6)c6ccc([nH]6)c(-c6c(F)c(F)c(F)c(F)c6F)c6nc2C=C6)C=C5)C=C4)C=C3)c(F)c1F. The van der Waals surface area contributed by atoms with E-state index in [-0.39, 0.29) is 43.3 Å². The first-order chi connectivity index (χ1) is 57.8. The zero-order chi connectivity index (χ0) is 83.4. The van der Waals surface area contributed by atoms with Crippen molar-refractivity contribution in [1.29, 1.82) is 0 Å². The monoisotopic (exact) mass is 1780 g/mol. The van der Waals surface area contributed by atoms with Crippen molar-refractivity contribution in [2.45, 2.75) is 0 Å². The zero-order valence-corrected chi connectivity index (χ0v) is 65.5. The Morgan fingerprint density at radius 2 is 0.342 bits per heavy atom. The molecule has 4 aromatic carbocycles. The van der Waals surface area contributed by atoms with Gasteiger partial charge in [-0.25, -0.2) is 108 Å². The summed E-state index contributed by atoms with van der Waals surface area (Å²) in [6, 6.07) is 33.5. The number of aromatic amines is 2. The summed E-state index contributed by atoms with van der Waals surface area (Å²) >= 11 is 10.8. The van der Waals surface area contributed by atoms with Crippen molar-refractivity contribution in [1.82, 2.24) is 29.9 Å². The van der Waals surface area contributed by atoms with Gasteiger partial charge in [-0.3, -0.25) is 0 Å². The molecule has 0 saturated carbocycles. The Balaban J connectivity index is 0.944. The highest BCUT2D eigenvalue weighted by Gasteiger charge is 2.37. The highest BCUT2D eigenvalue weighted by atomic mass is 32.1. The number of halogens is 20. The summed E-state index contributed by atoms with van der Waals surface area (Å²) in [5.74, 6) is -50.6. The number of aromatic nitrogens is 6. The molecule has 15 heterocycles. The van der Waals surface area contributed by atoms with E-state index in [0.29, 0.717) is 19.5 Å². The molecule has 0 radical (unpaired) electrons. The maximum Gasteiger partial charge on any atom is 0.200 e. The van der Waals surface area contributed by atoms with E-state index >= 15 is 87.8 Å². The molecule has 0 amide bonds. The number of thiophene rings is 8. The number of H-pyrrole nitrogens is 2. The maximum atomic E-state index is 17.0. The summed E-state index contributed by atoms with van der Waals surface area (Å²) in [6.07, 6.45) is 7.55. The molecular formula is C86H32F20N6S8. The number of hydrogen-bond acceptors (Lipinski definition) is 12. The minimum absolute atomic E-state index is 0.146. The first-order valence-electron chi connectivity index (χ1n) is 34.7. The molecule has 11 aromatic heterocycles. The van der Waals surface area contributed by atoms with Gasteiger partial charge in [0.25, 0.3) is 0 Å². The van der Waals surface area contributed by atoms with Crippen LogP contribution in [-0.2, 0) is 0 Å². The van der Waals surface area contributed by atoms with Crippen LogP contribution in [0, 0.1) is 116 Å². The van der Waals surface area contributed by atoms with E-state index in [9.17, 15) is 0 Å². The average Bonchev–Trinajstić information content (AvgIpc) is 1.49. The molecule has 4 aliphatic heterocycles. The van der Waals surface area contributed by atoms with Crippen molar-refractivity contribution in [2.75, 3.05) is 0 Å². The molecule has 19 rings (SSSR count). The molecule has 15 aromatic rings. The highest BCUT2D eigenvalue weighted by molar-refractivity contribution is 7.30. The Morgan fingerprint density at radius 3 is 0.567 bits per heavy atom. The van der Waals surface area contributed by atoms with Gasteiger partial charge in [-0.05, 0) is 169 Å². The molecule has 594 valence electrons. The minimum Gasteiger partial charge on any atom is -0.354 e. The quantitative estimate of drug-likeness (QED) is 0.0725. The van der Waals surface area contributed by atoms with Gasteiger partial charge in [0.2, 0.25) is 23.3 Å². The lowest BCUT2D eigenvalue weighted by atomic mass is 10.00. The predicted molar refractivity (Wildman–Crippen MR) is 435 cm³/mol. The van der Waals surface area contributed by atoms with Crippen LogP contribution in [0.4, 0.5) is 87.8 Å². The standard InChI is InChI=1S/C86H32F20N6S8/c87-67-63(68(88)76(96)83(103)75(67)95)59-35-9-5-31(107-35)57(55-27-25-53(119-55)51-23-21-49(117-51)47-19-17-45(115-47)43-3-1-29-113-43)32-6-10-36(108-32)60(64-69(89)77(97)84(104)78(98)70(64)90)40-14-16-42(112-40)62(66-73(93)81(101)86(106)82(102)74(66)94)38-12-8-34(110-38)58(56-28-26-54(120-56)52-24-22-50(118-52)48-20-18-46(116-48)44-4-2-30-114-44)33-7-11-37(109-33)61(41-15-13-39(59)111-41)65-71(91)79(99)85(105)80(100)72(65)92/h1-30,107,110H. The molecule has 0 fully saturated rings. The molecule has 2 N–H and O–H groups in total. The van der Waals surface area contributed by atoms with Crippen molar-refractivity contribution >= 4 is 161 Å². The molecular weight excluding hydrogens is 1750 g/mol. The van der Waals surface area contributed by atoms with Gasteiger partial charge < -0.3 is 9.97 Å². The van der Waals surface area contributed by atoms with E-state index in [4.69, 9.17) is 9.97 Å². The Hall–Kier alpha value is -12.0. The maximum absolute atomic E-state index is 17.0. The summed E-state index contributed by atoms with van der Waals surface area (Å²) in [6.45, 7) is 0. The zero-order valence-electron chi connectivity index (χ0n) is 58.9. The summed E-state index contributed by atoms with van der Waals surface area (Å²) < 4.78 is 325. The third-order valence-electron chi connectivity index (χ3n) is 19.5. The van der Waals surface area contributed by atoms with Gasteiger partial charge in [0.05, 0.1) is 67.8 Å². The lowest BCUT2D eigenvalue weighted by Gasteiger charge is -2.11. The molecule has 0 aliphatic carbocycles. The highest BCUT2D eigenvalue weighted by Crippen LogP contribution is 2.51. The van der Waals surface area contributed by atoms with Gasteiger partial charge in [0.1, 0.15) is 0 Å². The van der Waals surface area contributed by atoms with Gasteiger partial charge in [-0.1, -0.05) is 12.1 Å². The van der Waals surface area contributed by atoms with E-state index in [0.717, 1.165) is 122 Å². The van der Waals surface area contributed by atoms with Crippen LogP contribution in [0.15, 0.2) is 132 Å². The molecule has 34 heteroatoms. The number of hydrogen-bond donors (Lipinski definition) is 2. The van der Waals surface area contributed by atoms with Crippen molar-refractivity contribution < 1.29 is 87.8 Å². The first kappa shape index (κ1) is 77.9. The van der Waals surface area contributed by atoms with E-state index in [1.165, 1.54) is 92.3 Å². The van der Waals surface area contributed by atoms with Gasteiger partial charge in [-0.15, -0.1) is 90.7 Å². The average molecular weight is 1790 g/mol. The number of fused-ring (bicyclic) bond motifs is 12. The van der Waals surface area contributed by atoms with Crippen molar-refractivity contribution in [3.63, 3.8) is 0 Å². The van der Waals surface area contributed by atoms with Crippen LogP contribution >= 0.6 is 90.7 Å². The Kier molecular flexibility index (Phi) is 19.5. The molecule has 0 atom stereocenters. The lowest BCUT2D eigenvalue weighted by molar-refractivity contribution is 0.381. The van der Waals surface area contributed by atoms with Crippen molar-refractivity contribution in [3.05, 3.63) is 294 Å². The smallest absolute Gasteiger partial charge is 0.200 e. The first-order valence-corrected chi connectivity index (χ1v) is 41.4. The second kappa shape index (κ2) is 30.0. The molecule has 12 bridgehead atoms. The van der Waals surface area contributed by atoms with Gasteiger partial charge >= 0.3 is 0 Å². The van der Waals surface area contributed by atoms with Crippen LogP contribution in [0.25, 0.3) is 195 Å². The summed E-state index contributed by atoms with van der Waals surface area (Å²) in [5.41, 5.74) is -18.8. The summed E-state index contributed by atoms with van der Waals surface area (Å²) in [4.78, 5) is 34.1. The molecule has 4 aliphatic rings. The molecule has 0 unspecified atom stereocenters. The fourth-order valence-electron chi connectivity index (χ4n) is 14.1. The van der Waals surface area contributed by atoms with Crippen LogP contribution in [0.2, 0.25) is 0 Å². The lowest BCUT2D eigenvalue weighted by Crippen LogP contribution is -2.06. The fourth-order valence-corrected chi connectivity index (χ4v) is 22.3. The molecule has 120 heavy (non-hydrogen) atoms. The fraction of sp³-hybridized carbons (Fsp3) is 0. The Labute approximate surface area is 692 Å². The van der Waals surface area contributed by atoms with E-state index < -0.39 is 206 Å². The second-order valence-electron chi connectivity index (χ2n) is 26.4. The second-order valence-corrected chi connectivity index (χ2v) is 34.8. The molecule has 6 nitrogen and oxygen atoms in total.